The van der Waals surface area contributed by atoms with E-state index in [1.807, 2.05) is 30.3 Å². The van der Waals surface area contributed by atoms with Crippen LogP contribution in [0, 0.1) is 0 Å². The SMILES string of the molecule is CCCCCCCCCCCN(c1ccccc1)c1ccc(C(=O)CC(=O)O)cc1. The van der Waals surface area contributed by atoms with Gasteiger partial charge in [0, 0.05) is 23.5 Å². The lowest BCUT2D eigenvalue weighted by Crippen LogP contribution is -2.18. The Morgan fingerprint density at radius 3 is 1.83 bits per heavy atom. The first-order valence-electron chi connectivity index (χ1n) is 11.3. The lowest BCUT2D eigenvalue weighted by molar-refractivity contribution is -0.135. The molecule has 0 spiro atoms. The van der Waals surface area contributed by atoms with Gasteiger partial charge in [-0.25, -0.2) is 0 Å². The maximum absolute atomic E-state index is 12.0. The van der Waals surface area contributed by atoms with E-state index < -0.39 is 12.4 Å². The molecule has 0 unspecified atom stereocenters. The molecule has 4 heteroatoms. The standard InChI is InChI=1S/C26H35NO3/c1-2-3-4-5-6-7-8-9-13-20-27(23-14-11-10-12-15-23)24-18-16-22(17-19-24)25(28)21-26(29)30/h10-12,14-19H,2-9,13,20-21H2,1H3,(H,29,30). The van der Waals surface area contributed by atoms with Crippen molar-refractivity contribution >= 4 is 23.1 Å². The number of carboxylic acids is 1. The molecule has 0 aromatic heterocycles. The zero-order chi connectivity index (χ0) is 21.6. The van der Waals surface area contributed by atoms with E-state index in [9.17, 15) is 9.59 Å². The third-order valence-corrected chi connectivity index (χ3v) is 5.37. The quantitative estimate of drug-likeness (QED) is 0.195. The first-order valence-corrected chi connectivity index (χ1v) is 11.3. The fraction of sp³-hybridized carbons (Fsp3) is 0.462. The molecular formula is C26H35NO3. The predicted octanol–water partition coefficient (Wildman–Crippen LogP) is 7.01. The molecule has 2 aromatic carbocycles. The molecule has 1 N–H and O–H groups in total. The minimum absolute atomic E-state index is 0.362. The second-order valence-corrected chi connectivity index (χ2v) is 7.86. The Balaban J connectivity index is 1.91. The number of Topliss-reactive ketones (excluding diaryl/α,β-unsaturated/α-hetero) is 1. The molecule has 4 nitrogen and oxygen atoms in total. The van der Waals surface area contributed by atoms with Crippen LogP contribution < -0.4 is 4.90 Å². The highest BCUT2D eigenvalue weighted by atomic mass is 16.4. The first-order chi connectivity index (χ1) is 14.6. The van der Waals surface area contributed by atoms with Crippen molar-refractivity contribution in [3.8, 4) is 0 Å². The summed E-state index contributed by atoms with van der Waals surface area (Å²) in [7, 11) is 0. The molecule has 0 bridgehead atoms. The van der Waals surface area contributed by atoms with E-state index in [4.69, 9.17) is 5.11 Å². The maximum Gasteiger partial charge on any atom is 0.311 e. The van der Waals surface area contributed by atoms with Crippen molar-refractivity contribution in [2.75, 3.05) is 11.4 Å². The Kier molecular flexibility index (Phi) is 10.7. The minimum atomic E-state index is -1.10. The third-order valence-electron chi connectivity index (χ3n) is 5.37. The smallest absolute Gasteiger partial charge is 0.311 e. The molecule has 0 heterocycles. The van der Waals surface area contributed by atoms with E-state index in [-0.39, 0.29) is 5.78 Å². The Labute approximate surface area is 180 Å². The Morgan fingerprint density at radius 2 is 1.27 bits per heavy atom. The van der Waals surface area contributed by atoms with Crippen LogP contribution in [0.2, 0.25) is 0 Å². The number of ketones is 1. The van der Waals surface area contributed by atoms with Gasteiger partial charge in [-0.15, -0.1) is 0 Å². The van der Waals surface area contributed by atoms with Crippen LogP contribution in [0.25, 0.3) is 0 Å². The molecule has 0 atom stereocenters. The number of carbonyl (C=O) groups is 2. The molecule has 0 aliphatic carbocycles. The number of rotatable bonds is 15. The summed E-state index contributed by atoms with van der Waals surface area (Å²) in [6.07, 6.45) is 11.2. The van der Waals surface area contributed by atoms with Gasteiger partial charge in [0.1, 0.15) is 6.42 Å². The van der Waals surface area contributed by atoms with E-state index in [2.05, 4.69) is 24.0 Å². The van der Waals surface area contributed by atoms with E-state index in [1.165, 1.54) is 51.4 Å². The molecule has 2 aromatic rings. The van der Waals surface area contributed by atoms with Gasteiger partial charge < -0.3 is 10.0 Å². The van der Waals surface area contributed by atoms with E-state index in [1.54, 1.807) is 12.1 Å². The normalized spacial score (nSPS) is 10.7. The van der Waals surface area contributed by atoms with Crippen molar-refractivity contribution < 1.29 is 14.7 Å². The van der Waals surface area contributed by atoms with Gasteiger partial charge in [0.2, 0.25) is 0 Å². The second-order valence-electron chi connectivity index (χ2n) is 7.86. The number of benzene rings is 2. The number of hydrogen-bond donors (Lipinski definition) is 1. The topological polar surface area (TPSA) is 57.6 Å². The monoisotopic (exact) mass is 409 g/mol. The van der Waals surface area contributed by atoms with Gasteiger partial charge in [-0.2, -0.15) is 0 Å². The zero-order valence-corrected chi connectivity index (χ0v) is 18.2. The number of carboxylic acid groups (broad SMARTS) is 1. The number of hydrogen-bond acceptors (Lipinski definition) is 3. The average Bonchev–Trinajstić information content (AvgIpc) is 2.75. The van der Waals surface area contributed by atoms with Gasteiger partial charge in [0.15, 0.2) is 5.78 Å². The molecular weight excluding hydrogens is 374 g/mol. The van der Waals surface area contributed by atoms with Crippen molar-refractivity contribution in [2.45, 2.75) is 71.1 Å². The van der Waals surface area contributed by atoms with Gasteiger partial charge in [0.25, 0.3) is 0 Å². The molecule has 0 saturated carbocycles. The summed E-state index contributed by atoms with van der Waals surface area (Å²) in [6, 6.07) is 17.5. The van der Waals surface area contributed by atoms with Crippen LogP contribution in [0.15, 0.2) is 54.6 Å². The fourth-order valence-corrected chi connectivity index (χ4v) is 3.66. The van der Waals surface area contributed by atoms with Gasteiger partial charge in [-0.3, -0.25) is 9.59 Å². The molecule has 30 heavy (non-hydrogen) atoms. The van der Waals surface area contributed by atoms with Crippen LogP contribution in [0.1, 0.15) is 81.5 Å². The van der Waals surface area contributed by atoms with Gasteiger partial charge in [-0.05, 0) is 42.8 Å². The maximum atomic E-state index is 12.0. The van der Waals surface area contributed by atoms with Crippen LogP contribution in [-0.2, 0) is 4.79 Å². The fourth-order valence-electron chi connectivity index (χ4n) is 3.66. The van der Waals surface area contributed by atoms with E-state index in [0.717, 1.165) is 24.3 Å². The van der Waals surface area contributed by atoms with Crippen molar-refractivity contribution in [3.05, 3.63) is 60.2 Å². The average molecular weight is 410 g/mol. The second kappa shape index (κ2) is 13.6. The highest BCUT2D eigenvalue weighted by Gasteiger charge is 2.13. The molecule has 0 aliphatic rings. The molecule has 0 fully saturated rings. The molecule has 0 amide bonds. The van der Waals surface area contributed by atoms with Crippen LogP contribution in [-0.4, -0.2) is 23.4 Å². The summed E-state index contributed by atoms with van der Waals surface area (Å²) < 4.78 is 0. The van der Waals surface area contributed by atoms with Crippen LogP contribution in [0.5, 0.6) is 0 Å². The summed E-state index contributed by atoms with van der Waals surface area (Å²) in [5.41, 5.74) is 2.59. The summed E-state index contributed by atoms with van der Waals surface area (Å²) in [5, 5.41) is 8.82. The molecule has 0 saturated heterocycles. The lowest BCUT2D eigenvalue weighted by atomic mass is 10.1. The van der Waals surface area contributed by atoms with Crippen molar-refractivity contribution in [2.24, 2.45) is 0 Å². The van der Waals surface area contributed by atoms with Crippen molar-refractivity contribution in [3.63, 3.8) is 0 Å². The summed E-state index contributed by atoms with van der Waals surface area (Å²) >= 11 is 0. The third kappa shape index (κ3) is 8.40. The summed E-state index contributed by atoms with van der Waals surface area (Å²) in [4.78, 5) is 25.0. The Bertz CT molecular complexity index is 756. The Hall–Kier alpha value is -2.62. The Morgan fingerprint density at radius 1 is 0.733 bits per heavy atom. The van der Waals surface area contributed by atoms with Gasteiger partial charge >= 0.3 is 5.97 Å². The summed E-state index contributed by atoms with van der Waals surface area (Å²) in [6.45, 7) is 3.17. The number of aliphatic carboxylic acids is 1. The predicted molar refractivity (Wildman–Crippen MR) is 124 cm³/mol. The molecule has 2 rings (SSSR count). The summed E-state index contributed by atoms with van der Waals surface area (Å²) in [5.74, 6) is -1.46. The van der Waals surface area contributed by atoms with E-state index in [0.29, 0.717) is 5.56 Å². The van der Waals surface area contributed by atoms with Crippen LogP contribution in [0.4, 0.5) is 11.4 Å². The number of anilines is 2. The zero-order valence-electron chi connectivity index (χ0n) is 18.2. The van der Waals surface area contributed by atoms with Crippen molar-refractivity contribution in [1.29, 1.82) is 0 Å². The molecule has 162 valence electrons. The molecule has 0 radical (unpaired) electrons. The van der Waals surface area contributed by atoms with Crippen molar-refractivity contribution in [1.82, 2.24) is 0 Å². The van der Waals surface area contributed by atoms with Crippen LogP contribution >= 0.6 is 0 Å². The highest BCUT2D eigenvalue weighted by molar-refractivity contribution is 6.05. The first kappa shape index (κ1) is 23.7. The van der Waals surface area contributed by atoms with Gasteiger partial charge in [0.05, 0.1) is 0 Å². The van der Waals surface area contributed by atoms with Crippen LogP contribution in [0.3, 0.4) is 0 Å². The largest absolute Gasteiger partial charge is 0.481 e. The number of para-hydroxylation sites is 1. The lowest BCUT2D eigenvalue weighted by Gasteiger charge is -2.25. The van der Waals surface area contributed by atoms with E-state index >= 15 is 0 Å². The highest BCUT2D eigenvalue weighted by Crippen LogP contribution is 2.26. The van der Waals surface area contributed by atoms with Gasteiger partial charge in [-0.1, -0.05) is 76.5 Å². The number of nitrogens with zero attached hydrogens (tertiary/aromatic N) is 1. The number of carbonyl (C=O) groups excluding carboxylic acids is 1. The minimum Gasteiger partial charge on any atom is -0.481 e. The number of unbranched alkanes of at least 4 members (excludes halogenated alkanes) is 8. The molecule has 0 aliphatic heterocycles.